The number of carbonyl (C=O) groups is 2. The summed E-state index contributed by atoms with van der Waals surface area (Å²) in [4.78, 5) is 32.5. The summed E-state index contributed by atoms with van der Waals surface area (Å²) in [5, 5.41) is 3.20. The van der Waals surface area contributed by atoms with Gasteiger partial charge in [-0.05, 0) is 49.2 Å². The molecule has 0 spiro atoms. The highest BCUT2D eigenvalue weighted by Gasteiger charge is 2.29. The van der Waals surface area contributed by atoms with Crippen molar-refractivity contribution in [3.8, 4) is 0 Å². The van der Waals surface area contributed by atoms with E-state index in [2.05, 4.69) is 10.3 Å². The predicted octanol–water partition coefficient (Wildman–Crippen LogP) is 2.97. The van der Waals surface area contributed by atoms with Gasteiger partial charge in [-0.2, -0.15) is 4.31 Å². The maximum Gasteiger partial charge on any atom is 0.293 e. The number of fused-ring (bicyclic) bond motifs is 1. The second kappa shape index (κ2) is 8.73. The van der Waals surface area contributed by atoms with Crippen molar-refractivity contribution in [2.24, 2.45) is 0 Å². The summed E-state index contributed by atoms with van der Waals surface area (Å²) >= 11 is 1.33. The van der Waals surface area contributed by atoms with E-state index in [1.165, 1.54) is 34.0 Å². The normalized spacial score (nSPS) is 16.5. The minimum atomic E-state index is -3.51. The standard InChI is InChI=1S/C22H22N4O5S2/c27-20(18-4-3-13-31-18)24-22-23-17-9-12-25(14-19(17)32-22)21(28)15-5-7-16(8-6-15)33(29,30)26-10-1-2-11-26/h3-8,13H,1-2,9-12,14H2,(H,23,24,27). The molecule has 0 radical (unpaired) electrons. The van der Waals surface area contributed by atoms with Crippen molar-refractivity contribution >= 4 is 38.3 Å². The molecule has 33 heavy (non-hydrogen) atoms. The maximum absolute atomic E-state index is 13.0. The van der Waals surface area contributed by atoms with Crippen LogP contribution in [0.3, 0.4) is 0 Å². The number of thiazole rings is 1. The van der Waals surface area contributed by atoms with Crippen LogP contribution in [0.2, 0.25) is 0 Å². The van der Waals surface area contributed by atoms with Gasteiger partial charge in [0.15, 0.2) is 10.9 Å². The molecule has 0 atom stereocenters. The number of rotatable bonds is 5. The molecule has 5 rings (SSSR count). The van der Waals surface area contributed by atoms with Crippen LogP contribution in [0, 0.1) is 0 Å². The summed E-state index contributed by atoms with van der Waals surface area (Å²) < 4.78 is 32.0. The second-order valence-corrected chi connectivity index (χ2v) is 11.0. The van der Waals surface area contributed by atoms with E-state index >= 15 is 0 Å². The average molecular weight is 487 g/mol. The minimum absolute atomic E-state index is 0.166. The van der Waals surface area contributed by atoms with Gasteiger partial charge in [0.05, 0.1) is 23.4 Å². The Labute approximate surface area is 195 Å². The van der Waals surface area contributed by atoms with Crippen molar-refractivity contribution in [1.82, 2.24) is 14.2 Å². The summed E-state index contributed by atoms with van der Waals surface area (Å²) in [7, 11) is -3.51. The molecule has 1 saturated heterocycles. The van der Waals surface area contributed by atoms with Crippen LogP contribution < -0.4 is 5.32 Å². The fourth-order valence-corrected chi connectivity index (χ4v) is 6.55. The predicted molar refractivity (Wildman–Crippen MR) is 122 cm³/mol. The zero-order chi connectivity index (χ0) is 23.0. The number of sulfonamides is 1. The SMILES string of the molecule is O=C(Nc1nc2c(s1)CN(C(=O)c1ccc(S(=O)(=O)N3CCCC3)cc1)CC2)c1ccco1. The highest BCUT2D eigenvalue weighted by atomic mass is 32.2. The van der Waals surface area contributed by atoms with Crippen molar-refractivity contribution in [2.45, 2.75) is 30.7 Å². The van der Waals surface area contributed by atoms with Crippen LogP contribution in [0.5, 0.6) is 0 Å². The third kappa shape index (κ3) is 4.31. The van der Waals surface area contributed by atoms with Crippen LogP contribution in [0.25, 0.3) is 0 Å². The Balaban J connectivity index is 1.26. The zero-order valence-electron chi connectivity index (χ0n) is 17.7. The summed E-state index contributed by atoms with van der Waals surface area (Å²) in [6.07, 6.45) is 3.76. The van der Waals surface area contributed by atoms with Crippen molar-refractivity contribution < 1.29 is 22.4 Å². The Hall–Kier alpha value is -3.02. The second-order valence-electron chi connectivity index (χ2n) is 7.93. The first-order chi connectivity index (χ1) is 15.9. The number of aromatic nitrogens is 1. The quantitative estimate of drug-likeness (QED) is 0.593. The Morgan fingerprint density at radius 3 is 2.52 bits per heavy atom. The molecule has 2 aromatic heterocycles. The number of carbonyl (C=O) groups excluding carboxylic acids is 2. The third-order valence-electron chi connectivity index (χ3n) is 5.79. The summed E-state index contributed by atoms with van der Waals surface area (Å²) in [6, 6.07) is 9.37. The van der Waals surface area contributed by atoms with Gasteiger partial charge >= 0.3 is 0 Å². The summed E-state index contributed by atoms with van der Waals surface area (Å²) in [5.74, 6) is -0.335. The van der Waals surface area contributed by atoms with E-state index in [4.69, 9.17) is 4.42 Å². The van der Waals surface area contributed by atoms with Crippen molar-refractivity contribution in [2.75, 3.05) is 25.0 Å². The molecule has 2 aliphatic rings. The van der Waals surface area contributed by atoms with Crippen molar-refractivity contribution in [3.05, 3.63) is 64.6 Å². The monoisotopic (exact) mass is 486 g/mol. The van der Waals surface area contributed by atoms with Crippen LogP contribution in [-0.2, 0) is 23.0 Å². The Morgan fingerprint density at radius 1 is 1.06 bits per heavy atom. The largest absolute Gasteiger partial charge is 0.459 e. The summed E-state index contributed by atoms with van der Waals surface area (Å²) in [5.41, 5.74) is 1.31. The first-order valence-electron chi connectivity index (χ1n) is 10.6. The molecule has 9 nitrogen and oxygen atoms in total. The highest BCUT2D eigenvalue weighted by Crippen LogP contribution is 2.30. The van der Waals surface area contributed by atoms with Crippen LogP contribution in [0.1, 0.15) is 44.3 Å². The Kier molecular flexibility index (Phi) is 5.77. The van der Waals surface area contributed by atoms with Crippen LogP contribution in [0.15, 0.2) is 52.0 Å². The fourth-order valence-electron chi connectivity index (χ4n) is 4.02. The van der Waals surface area contributed by atoms with E-state index in [1.807, 2.05) is 0 Å². The van der Waals surface area contributed by atoms with Gasteiger partial charge in [0.1, 0.15) is 0 Å². The molecular formula is C22H22N4O5S2. The smallest absolute Gasteiger partial charge is 0.293 e. The van der Waals surface area contributed by atoms with E-state index in [9.17, 15) is 18.0 Å². The number of hydrogen-bond donors (Lipinski definition) is 1. The Morgan fingerprint density at radius 2 is 1.82 bits per heavy atom. The molecule has 1 fully saturated rings. The van der Waals surface area contributed by atoms with Gasteiger partial charge in [-0.15, -0.1) is 0 Å². The number of anilines is 1. The lowest BCUT2D eigenvalue weighted by molar-refractivity contribution is 0.0736. The molecule has 11 heteroatoms. The molecule has 2 aliphatic heterocycles. The average Bonchev–Trinajstić information content (AvgIpc) is 3.59. The van der Waals surface area contributed by atoms with Gasteiger partial charge in [-0.3, -0.25) is 14.9 Å². The number of nitrogens with zero attached hydrogens (tertiary/aromatic N) is 3. The molecule has 0 saturated carbocycles. The van der Waals surface area contributed by atoms with Crippen LogP contribution in [-0.4, -0.2) is 54.1 Å². The minimum Gasteiger partial charge on any atom is -0.459 e. The van der Waals surface area contributed by atoms with E-state index < -0.39 is 10.0 Å². The van der Waals surface area contributed by atoms with Crippen LogP contribution >= 0.6 is 11.3 Å². The lowest BCUT2D eigenvalue weighted by Gasteiger charge is -2.26. The molecule has 0 bridgehead atoms. The van der Waals surface area contributed by atoms with E-state index in [-0.39, 0.29) is 22.5 Å². The van der Waals surface area contributed by atoms with E-state index in [0.717, 1.165) is 23.4 Å². The zero-order valence-corrected chi connectivity index (χ0v) is 19.3. The van der Waals surface area contributed by atoms with Gasteiger partial charge in [0.25, 0.3) is 11.8 Å². The molecule has 1 aromatic carbocycles. The van der Waals surface area contributed by atoms with Gasteiger partial charge in [-0.25, -0.2) is 13.4 Å². The molecule has 3 aromatic rings. The summed E-state index contributed by atoms with van der Waals surface area (Å²) in [6.45, 7) is 1.96. The number of amides is 2. The molecule has 4 heterocycles. The maximum atomic E-state index is 13.0. The van der Waals surface area contributed by atoms with E-state index in [0.29, 0.717) is 43.3 Å². The van der Waals surface area contributed by atoms with Crippen molar-refractivity contribution in [3.63, 3.8) is 0 Å². The molecule has 1 N–H and O–H groups in total. The number of benzene rings is 1. The number of nitrogens with one attached hydrogen (secondary N) is 1. The molecular weight excluding hydrogens is 464 g/mol. The van der Waals surface area contributed by atoms with E-state index in [1.54, 1.807) is 29.2 Å². The lowest BCUT2D eigenvalue weighted by atomic mass is 10.1. The van der Waals surface area contributed by atoms with Crippen LogP contribution in [0.4, 0.5) is 5.13 Å². The molecule has 0 unspecified atom stereocenters. The third-order valence-corrected chi connectivity index (χ3v) is 8.70. The Bertz CT molecular complexity index is 1280. The topological polar surface area (TPSA) is 113 Å². The molecule has 172 valence electrons. The van der Waals surface area contributed by atoms with Gasteiger partial charge in [-0.1, -0.05) is 11.3 Å². The van der Waals surface area contributed by atoms with Gasteiger partial charge in [0.2, 0.25) is 10.0 Å². The first-order valence-corrected chi connectivity index (χ1v) is 12.9. The highest BCUT2D eigenvalue weighted by molar-refractivity contribution is 7.89. The molecule has 2 amide bonds. The van der Waals surface area contributed by atoms with Crippen molar-refractivity contribution in [1.29, 1.82) is 0 Å². The molecule has 0 aliphatic carbocycles. The number of hydrogen-bond acceptors (Lipinski definition) is 7. The first kappa shape index (κ1) is 21.8. The van der Waals surface area contributed by atoms with Gasteiger partial charge in [0, 0.05) is 36.5 Å². The lowest BCUT2D eigenvalue weighted by Crippen LogP contribution is -2.35. The number of furan rings is 1. The van der Waals surface area contributed by atoms with Gasteiger partial charge < -0.3 is 9.32 Å². The fraction of sp³-hybridized carbons (Fsp3) is 0.318.